The lowest BCUT2D eigenvalue weighted by molar-refractivity contribution is 1.28. The molecule has 27 heavy (non-hydrogen) atoms. The van der Waals surface area contributed by atoms with E-state index >= 15 is 0 Å². The van der Waals surface area contributed by atoms with E-state index in [1.54, 1.807) is 29.9 Å². The van der Waals surface area contributed by atoms with Crippen molar-refractivity contribution in [1.82, 2.24) is 19.9 Å². The number of rotatable bonds is 3. The first kappa shape index (κ1) is 15.8. The Bertz CT molecular complexity index is 1260. The summed E-state index contributed by atoms with van der Waals surface area (Å²) in [5.74, 6) is 0.785. The van der Waals surface area contributed by atoms with Gasteiger partial charge >= 0.3 is 0 Å². The molecule has 0 unspecified atom stereocenters. The Morgan fingerprint density at radius 1 is 0.889 bits per heavy atom. The van der Waals surface area contributed by atoms with Gasteiger partial charge in [0, 0.05) is 35.2 Å². The Balaban J connectivity index is 1.64. The van der Waals surface area contributed by atoms with Crippen molar-refractivity contribution in [3.8, 4) is 11.3 Å². The van der Waals surface area contributed by atoms with Crippen LogP contribution in [-0.4, -0.2) is 19.9 Å². The monoisotopic (exact) mass is 369 g/mol. The highest BCUT2D eigenvalue weighted by Gasteiger charge is 2.10. The topological polar surface area (TPSA) is 63.6 Å². The van der Waals surface area contributed by atoms with Crippen LogP contribution in [0.25, 0.3) is 32.4 Å². The molecular formula is C21H15N5S. The minimum Gasteiger partial charge on any atom is -0.340 e. The van der Waals surface area contributed by atoms with Gasteiger partial charge < -0.3 is 5.32 Å². The Hall–Kier alpha value is -3.38. The van der Waals surface area contributed by atoms with Crippen LogP contribution in [0.15, 0.2) is 67.1 Å². The third-order valence-electron chi connectivity index (χ3n) is 4.33. The van der Waals surface area contributed by atoms with E-state index in [9.17, 15) is 0 Å². The number of thiazole rings is 1. The van der Waals surface area contributed by atoms with Crippen molar-refractivity contribution >= 4 is 44.0 Å². The van der Waals surface area contributed by atoms with E-state index in [1.807, 2.05) is 49.4 Å². The van der Waals surface area contributed by atoms with Crippen LogP contribution in [0.4, 0.5) is 11.5 Å². The standard InChI is InChI=1S/C21H15N5S/c1-13-24-17-5-4-15(11-20(17)27-13)25-21-16-3-2-8-23-19(16)12-18(26-21)14-6-9-22-10-7-14/h2-12H,1H3,(H,25,26). The molecule has 1 N–H and O–H groups in total. The van der Waals surface area contributed by atoms with Gasteiger partial charge in [0.25, 0.3) is 0 Å². The predicted octanol–water partition coefficient (Wildman–Crippen LogP) is 5.35. The molecule has 0 bridgehead atoms. The summed E-state index contributed by atoms with van der Waals surface area (Å²) in [4.78, 5) is 18.0. The largest absolute Gasteiger partial charge is 0.340 e. The molecular weight excluding hydrogens is 354 g/mol. The van der Waals surface area contributed by atoms with Gasteiger partial charge in [-0.3, -0.25) is 9.97 Å². The molecule has 0 aliphatic carbocycles. The maximum absolute atomic E-state index is 4.86. The smallest absolute Gasteiger partial charge is 0.140 e. The van der Waals surface area contributed by atoms with Crippen molar-refractivity contribution in [3.05, 3.63) is 72.1 Å². The molecule has 0 radical (unpaired) electrons. The Kier molecular flexibility index (Phi) is 3.76. The van der Waals surface area contributed by atoms with Crippen LogP contribution in [0.2, 0.25) is 0 Å². The van der Waals surface area contributed by atoms with E-state index in [4.69, 9.17) is 4.98 Å². The first-order valence-electron chi connectivity index (χ1n) is 8.57. The summed E-state index contributed by atoms with van der Waals surface area (Å²) >= 11 is 1.69. The van der Waals surface area contributed by atoms with E-state index in [0.29, 0.717) is 0 Å². The Morgan fingerprint density at radius 3 is 2.67 bits per heavy atom. The van der Waals surface area contributed by atoms with Crippen molar-refractivity contribution in [2.75, 3.05) is 5.32 Å². The molecule has 0 spiro atoms. The van der Waals surface area contributed by atoms with Crippen molar-refractivity contribution in [2.45, 2.75) is 6.92 Å². The molecule has 5 nitrogen and oxygen atoms in total. The number of aromatic nitrogens is 4. The molecule has 0 saturated carbocycles. The Morgan fingerprint density at radius 2 is 1.78 bits per heavy atom. The summed E-state index contributed by atoms with van der Waals surface area (Å²) in [7, 11) is 0. The second-order valence-electron chi connectivity index (χ2n) is 6.20. The van der Waals surface area contributed by atoms with Crippen molar-refractivity contribution in [2.24, 2.45) is 0 Å². The van der Waals surface area contributed by atoms with E-state index in [2.05, 4.69) is 26.3 Å². The van der Waals surface area contributed by atoms with Crippen LogP contribution >= 0.6 is 11.3 Å². The van der Waals surface area contributed by atoms with Crippen molar-refractivity contribution < 1.29 is 0 Å². The second-order valence-corrected chi connectivity index (χ2v) is 7.44. The molecule has 4 heterocycles. The maximum Gasteiger partial charge on any atom is 0.140 e. The van der Waals surface area contributed by atoms with Crippen molar-refractivity contribution in [1.29, 1.82) is 0 Å². The van der Waals surface area contributed by atoms with Gasteiger partial charge in [0.1, 0.15) is 5.82 Å². The number of pyridine rings is 3. The molecule has 0 atom stereocenters. The van der Waals surface area contributed by atoms with E-state index in [0.717, 1.165) is 48.9 Å². The number of anilines is 2. The quantitative estimate of drug-likeness (QED) is 0.464. The van der Waals surface area contributed by atoms with Crippen LogP contribution in [-0.2, 0) is 0 Å². The van der Waals surface area contributed by atoms with Crippen LogP contribution in [0.5, 0.6) is 0 Å². The molecule has 5 aromatic rings. The fraction of sp³-hybridized carbons (Fsp3) is 0.0476. The summed E-state index contributed by atoms with van der Waals surface area (Å²) in [5.41, 5.74) is 4.77. The van der Waals surface area contributed by atoms with Gasteiger partial charge in [-0.05, 0) is 55.5 Å². The average Bonchev–Trinajstić information content (AvgIpc) is 3.08. The fourth-order valence-corrected chi connectivity index (χ4v) is 3.96. The van der Waals surface area contributed by atoms with Crippen LogP contribution in [0.1, 0.15) is 5.01 Å². The summed E-state index contributed by atoms with van der Waals surface area (Å²) < 4.78 is 1.16. The predicted molar refractivity (Wildman–Crippen MR) is 110 cm³/mol. The zero-order valence-corrected chi connectivity index (χ0v) is 15.4. The maximum atomic E-state index is 4.86. The fourth-order valence-electron chi connectivity index (χ4n) is 3.10. The molecule has 0 aliphatic rings. The number of nitrogens with zero attached hydrogens (tertiary/aromatic N) is 4. The molecule has 0 amide bonds. The van der Waals surface area contributed by atoms with Crippen LogP contribution in [0.3, 0.4) is 0 Å². The van der Waals surface area contributed by atoms with Gasteiger partial charge in [-0.15, -0.1) is 11.3 Å². The molecule has 5 rings (SSSR count). The first-order chi connectivity index (χ1) is 13.3. The summed E-state index contributed by atoms with van der Waals surface area (Å²) in [5, 5.41) is 5.52. The number of hydrogen-bond donors (Lipinski definition) is 1. The zero-order valence-electron chi connectivity index (χ0n) is 14.5. The first-order valence-corrected chi connectivity index (χ1v) is 9.38. The lowest BCUT2D eigenvalue weighted by Crippen LogP contribution is -1.97. The number of nitrogens with one attached hydrogen (secondary N) is 1. The number of benzene rings is 1. The molecule has 1 aromatic carbocycles. The van der Waals surface area contributed by atoms with Gasteiger partial charge in [-0.1, -0.05) is 0 Å². The molecule has 0 aliphatic heterocycles. The van der Waals surface area contributed by atoms with E-state index in [1.165, 1.54) is 0 Å². The van der Waals surface area contributed by atoms with Gasteiger partial charge in [0.05, 0.1) is 26.4 Å². The highest BCUT2D eigenvalue weighted by molar-refractivity contribution is 7.18. The van der Waals surface area contributed by atoms with E-state index < -0.39 is 0 Å². The Labute approximate surface area is 159 Å². The lowest BCUT2D eigenvalue weighted by Gasteiger charge is -2.11. The average molecular weight is 369 g/mol. The lowest BCUT2D eigenvalue weighted by atomic mass is 10.1. The van der Waals surface area contributed by atoms with Gasteiger partial charge in [-0.2, -0.15) is 0 Å². The van der Waals surface area contributed by atoms with Gasteiger partial charge in [-0.25, -0.2) is 9.97 Å². The van der Waals surface area contributed by atoms with Gasteiger partial charge in [0.2, 0.25) is 0 Å². The summed E-state index contributed by atoms with van der Waals surface area (Å²) in [6.07, 6.45) is 5.34. The third kappa shape index (κ3) is 3.00. The number of hydrogen-bond acceptors (Lipinski definition) is 6. The SMILES string of the molecule is Cc1nc2ccc(Nc3nc(-c4ccncc4)cc4ncccc34)cc2s1. The molecule has 6 heteroatoms. The minimum atomic E-state index is 0.785. The summed E-state index contributed by atoms with van der Waals surface area (Å²) in [6.45, 7) is 2.02. The second kappa shape index (κ2) is 6.41. The van der Waals surface area contributed by atoms with Crippen LogP contribution in [0, 0.1) is 6.92 Å². The molecule has 130 valence electrons. The van der Waals surface area contributed by atoms with E-state index in [-0.39, 0.29) is 0 Å². The van der Waals surface area contributed by atoms with Gasteiger partial charge in [0.15, 0.2) is 0 Å². The third-order valence-corrected chi connectivity index (χ3v) is 5.27. The number of fused-ring (bicyclic) bond motifs is 2. The highest BCUT2D eigenvalue weighted by atomic mass is 32.1. The normalized spacial score (nSPS) is 11.1. The molecule has 0 saturated heterocycles. The zero-order chi connectivity index (χ0) is 18.2. The number of aryl methyl sites for hydroxylation is 1. The van der Waals surface area contributed by atoms with Crippen LogP contribution < -0.4 is 5.32 Å². The molecule has 4 aromatic heterocycles. The minimum absolute atomic E-state index is 0.785. The van der Waals surface area contributed by atoms with Crippen molar-refractivity contribution in [3.63, 3.8) is 0 Å². The molecule has 0 fully saturated rings. The summed E-state index contributed by atoms with van der Waals surface area (Å²) in [6, 6.07) is 16.0. The highest BCUT2D eigenvalue weighted by Crippen LogP contribution is 2.30.